The second-order valence-corrected chi connectivity index (χ2v) is 6.84. The maximum atomic E-state index is 12.3. The summed E-state index contributed by atoms with van der Waals surface area (Å²) in [6.07, 6.45) is 5.40. The highest BCUT2D eigenvalue weighted by Crippen LogP contribution is 2.11. The number of nitrogens with zero attached hydrogens (tertiary/aromatic N) is 2. The molecule has 2 aromatic carbocycles. The molecule has 3 rings (SSSR count). The van der Waals surface area contributed by atoms with Crippen molar-refractivity contribution in [1.29, 1.82) is 0 Å². The summed E-state index contributed by atoms with van der Waals surface area (Å²) in [5, 5.41) is 5.55. The van der Waals surface area contributed by atoms with Gasteiger partial charge in [-0.05, 0) is 37.1 Å². The molecule has 0 unspecified atom stereocenters. The van der Waals surface area contributed by atoms with Crippen molar-refractivity contribution in [2.24, 2.45) is 0 Å². The van der Waals surface area contributed by atoms with Crippen LogP contribution in [0.3, 0.4) is 0 Å². The highest BCUT2D eigenvalue weighted by Gasteiger charge is 2.10. The van der Waals surface area contributed by atoms with E-state index in [4.69, 9.17) is 0 Å². The normalized spacial score (nSPS) is 10.5. The van der Waals surface area contributed by atoms with E-state index in [1.807, 2.05) is 67.1 Å². The van der Waals surface area contributed by atoms with Gasteiger partial charge < -0.3 is 15.2 Å². The van der Waals surface area contributed by atoms with Gasteiger partial charge in [-0.1, -0.05) is 41.5 Å². The number of hydrogen-bond donors (Lipinski definition) is 2. The molecular formula is C22H24N4O2. The number of rotatable bonds is 7. The molecular weight excluding hydrogens is 352 g/mol. The Kier molecular flexibility index (Phi) is 6.22. The van der Waals surface area contributed by atoms with E-state index in [1.54, 1.807) is 12.5 Å². The molecule has 144 valence electrons. The van der Waals surface area contributed by atoms with Gasteiger partial charge in [-0.25, -0.2) is 4.98 Å². The molecule has 0 aliphatic heterocycles. The first-order valence-corrected chi connectivity index (χ1v) is 9.17. The molecule has 6 heteroatoms. The average molecular weight is 376 g/mol. The number of nitrogens with one attached hydrogen (secondary N) is 2. The molecule has 0 fully saturated rings. The third-order valence-corrected chi connectivity index (χ3v) is 4.40. The molecule has 3 aromatic rings. The van der Waals surface area contributed by atoms with Crippen LogP contribution in [-0.4, -0.2) is 27.9 Å². The zero-order valence-electron chi connectivity index (χ0n) is 16.1. The maximum Gasteiger partial charge on any atom is 0.251 e. The molecule has 0 saturated carbocycles. The summed E-state index contributed by atoms with van der Waals surface area (Å²) in [6.45, 7) is 4.92. The van der Waals surface area contributed by atoms with Crippen molar-refractivity contribution < 1.29 is 9.59 Å². The van der Waals surface area contributed by atoms with Crippen LogP contribution in [0.25, 0.3) is 0 Å². The summed E-state index contributed by atoms with van der Waals surface area (Å²) in [5.41, 5.74) is 4.74. The smallest absolute Gasteiger partial charge is 0.251 e. The summed E-state index contributed by atoms with van der Waals surface area (Å²) >= 11 is 0. The van der Waals surface area contributed by atoms with E-state index in [2.05, 4.69) is 15.6 Å². The van der Waals surface area contributed by atoms with Gasteiger partial charge in [0.15, 0.2) is 0 Å². The minimum absolute atomic E-state index is 0.0600. The zero-order valence-corrected chi connectivity index (χ0v) is 16.1. The number of carbonyl (C=O) groups is 2. The van der Waals surface area contributed by atoms with Crippen LogP contribution in [0.15, 0.2) is 61.2 Å². The fraction of sp³-hybridized carbons (Fsp3) is 0.227. The first-order chi connectivity index (χ1) is 13.5. The minimum Gasteiger partial charge on any atom is -0.350 e. The van der Waals surface area contributed by atoms with Gasteiger partial charge in [0.2, 0.25) is 5.91 Å². The van der Waals surface area contributed by atoms with Crippen molar-refractivity contribution in [2.45, 2.75) is 26.9 Å². The molecule has 0 saturated heterocycles. The SMILES string of the molecule is Cc1cc(C)cc(C(=O)NCC(=O)NCc2ccccc2Cn2ccnc2)c1. The number of amides is 2. The lowest BCUT2D eigenvalue weighted by atomic mass is 10.1. The molecule has 28 heavy (non-hydrogen) atoms. The van der Waals surface area contributed by atoms with E-state index in [-0.39, 0.29) is 18.4 Å². The molecule has 0 aliphatic rings. The minimum atomic E-state index is -0.248. The van der Waals surface area contributed by atoms with Crippen LogP contribution in [0.1, 0.15) is 32.6 Å². The predicted molar refractivity (Wildman–Crippen MR) is 108 cm³/mol. The second kappa shape index (κ2) is 8.99. The topological polar surface area (TPSA) is 76.0 Å². The van der Waals surface area contributed by atoms with Crippen molar-refractivity contribution >= 4 is 11.8 Å². The van der Waals surface area contributed by atoms with Crippen LogP contribution in [0.5, 0.6) is 0 Å². The summed E-state index contributed by atoms with van der Waals surface area (Å²) in [6, 6.07) is 13.6. The highest BCUT2D eigenvalue weighted by atomic mass is 16.2. The van der Waals surface area contributed by atoms with E-state index >= 15 is 0 Å². The van der Waals surface area contributed by atoms with Crippen molar-refractivity contribution in [3.63, 3.8) is 0 Å². The molecule has 2 amide bonds. The maximum absolute atomic E-state index is 12.3. The highest BCUT2D eigenvalue weighted by molar-refractivity contribution is 5.96. The van der Waals surface area contributed by atoms with Gasteiger partial charge in [0.1, 0.15) is 0 Å². The summed E-state index contributed by atoms with van der Waals surface area (Å²) < 4.78 is 1.98. The first kappa shape index (κ1) is 19.4. The molecule has 2 N–H and O–H groups in total. The quantitative estimate of drug-likeness (QED) is 0.665. The van der Waals surface area contributed by atoms with Crippen LogP contribution in [0.2, 0.25) is 0 Å². The van der Waals surface area contributed by atoms with Crippen LogP contribution in [0.4, 0.5) is 0 Å². The number of benzene rings is 2. The van der Waals surface area contributed by atoms with E-state index < -0.39 is 0 Å². The summed E-state index contributed by atoms with van der Waals surface area (Å²) in [5.74, 6) is -0.474. The Balaban J connectivity index is 1.53. The van der Waals surface area contributed by atoms with Crippen LogP contribution < -0.4 is 10.6 Å². The Bertz CT molecular complexity index is 944. The largest absolute Gasteiger partial charge is 0.350 e. The fourth-order valence-corrected chi connectivity index (χ4v) is 3.09. The van der Waals surface area contributed by atoms with Crippen LogP contribution in [0, 0.1) is 13.8 Å². The molecule has 0 atom stereocenters. The number of aromatic nitrogens is 2. The standard InChI is InChI=1S/C22H24N4O2/c1-16-9-17(2)11-20(10-16)22(28)25-13-21(27)24-12-18-5-3-4-6-19(18)14-26-8-7-23-15-26/h3-11,15H,12-14H2,1-2H3,(H,24,27)(H,25,28). The Morgan fingerprint density at radius 2 is 1.71 bits per heavy atom. The lowest BCUT2D eigenvalue weighted by molar-refractivity contribution is -0.120. The number of aryl methyl sites for hydroxylation is 2. The molecule has 0 spiro atoms. The van der Waals surface area contributed by atoms with Gasteiger partial charge in [-0.3, -0.25) is 9.59 Å². The van der Waals surface area contributed by atoms with Gasteiger partial charge >= 0.3 is 0 Å². The molecule has 6 nitrogen and oxygen atoms in total. The Labute approximate surface area is 164 Å². The monoisotopic (exact) mass is 376 g/mol. The summed E-state index contributed by atoms with van der Waals surface area (Å²) in [7, 11) is 0. The van der Waals surface area contributed by atoms with Crippen LogP contribution in [-0.2, 0) is 17.9 Å². The third-order valence-electron chi connectivity index (χ3n) is 4.40. The molecule has 1 aromatic heterocycles. The molecule has 0 aliphatic carbocycles. The molecule has 1 heterocycles. The van der Waals surface area contributed by atoms with Crippen molar-refractivity contribution in [1.82, 2.24) is 20.2 Å². The fourth-order valence-electron chi connectivity index (χ4n) is 3.09. The molecule has 0 radical (unpaired) electrons. The Morgan fingerprint density at radius 3 is 2.39 bits per heavy atom. The molecule has 0 bridgehead atoms. The van der Waals surface area contributed by atoms with Gasteiger partial charge in [0.05, 0.1) is 12.9 Å². The van der Waals surface area contributed by atoms with E-state index in [0.29, 0.717) is 18.7 Å². The van der Waals surface area contributed by atoms with Crippen LogP contribution >= 0.6 is 0 Å². The van der Waals surface area contributed by atoms with Gasteiger partial charge in [0.25, 0.3) is 5.91 Å². The predicted octanol–water partition coefficient (Wildman–Crippen LogP) is 2.59. The van der Waals surface area contributed by atoms with E-state index in [1.165, 1.54) is 0 Å². The third kappa shape index (κ3) is 5.30. The lowest BCUT2D eigenvalue weighted by Gasteiger charge is -2.12. The Hall–Kier alpha value is -3.41. The van der Waals surface area contributed by atoms with Crippen molar-refractivity contribution in [2.75, 3.05) is 6.54 Å². The number of imidazole rings is 1. The zero-order chi connectivity index (χ0) is 19.9. The van der Waals surface area contributed by atoms with Gasteiger partial charge in [-0.2, -0.15) is 0 Å². The van der Waals surface area contributed by atoms with Crippen molar-refractivity contribution in [3.8, 4) is 0 Å². The summed E-state index contributed by atoms with van der Waals surface area (Å²) in [4.78, 5) is 28.5. The van der Waals surface area contributed by atoms with Gasteiger partial charge in [-0.15, -0.1) is 0 Å². The van der Waals surface area contributed by atoms with E-state index in [9.17, 15) is 9.59 Å². The first-order valence-electron chi connectivity index (χ1n) is 9.17. The number of carbonyl (C=O) groups excluding carboxylic acids is 2. The van der Waals surface area contributed by atoms with Gasteiger partial charge in [0, 0.05) is 31.0 Å². The average Bonchev–Trinajstić information content (AvgIpc) is 3.17. The number of hydrogen-bond acceptors (Lipinski definition) is 3. The van der Waals surface area contributed by atoms with Crippen molar-refractivity contribution in [3.05, 3.63) is 89.0 Å². The lowest BCUT2D eigenvalue weighted by Crippen LogP contribution is -2.36. The second-order valence-electron chi connectivity index (χ2n) is 6.84. The Morgan fingerprint density at radius 1 is 1.00 bits per heavy atom. The van der Waals surface area contributed by atoms with E-state index in [0.717, 1.165) is 22.3 Å².